The van der Waals surface area contributed by atoms with Gasteiger partial charge in [-0.3, -0.25) is 9.10 Å². The molecule has 178 valence electrons. The lowest BCUT2D eigenvalue weighted by Crippen LogP contribution is -2.49. The summed E-state index contributed by atoms with van der Waals surface area (Å²) < 4.78 is 51.2. The molecule has 0 radical (unpaired) electrons. The van der Waals surface area contributed by atoms with Gasteiger partial charge in [0.25, 0.3) is 0 Å². The van der Waals surface area contributed by atoms with Gasteiger partial charge in [0, 0.05) is 45.2 Å². The molecule has 0 spiro atoms. The minimum atomic E-state index is -3.54. The summed E-state index contributed by atoms with van der Waals surface area (Å²) in [6, 6.07) is 11.7. The first kappa shape index (κ1) is 23.2. The molecule has 0 bridgehead atoms. The topological polar surface area (TPSA) is 79.4 Å². The molecule has 0 aromatic heterocycles. The van der Waals surface area contributed by atoms with Gasteiger partial charge in [-0.05, 0) is 30.7 Å². The summed E-state index contributed by atoms with van der Waals surface area (Å²) in [4.78, 5) is 16.4. The van der Waals surface area contributed by atoms with Crippen LogP contribution in [0.15, 0.2) is 42.5 Å². The van der Waals surface area contributed by atoms with Crippen LogP contribution in [0.1, 0.15) is 12.8 Å². The highest BCUT2D eigenvalue weighted by Crippen LogP contribution is 2.34. The van der Waals surface area contributed by atoms with E-state index < -0.39 is 10.0 Å². The summed E-state index contributed by atoms with van der Waals surface area (Å²) in [6.45, 7) is 3.17. The molecule has 2 aliphatic heterocycles. The molecule has 0 atom stereocenters. The Hall–Kier alpha value is -3.01. The van der Waals surface area contributed by atoms with E-state index in [9.17, 15) is 17.6 Å². The van der Waals surface area contributed by atoms with Gasteiger partial charge in [0.05, 0.1) is 17.6 Å². The number of carbonyl (C=O) groups is 1. The molecule has 0 saturated carbocycles. The van der Waals surface area contributed by atoms with Gasteiger partial charge in [0.2, 0.25) is 15.9 Å². The fourth-order valence-electron chi connectivity index (χ4n) is 4.11. The van der Waals surface area contributed by atoms with E-state index in [0.717, 1.165) is 6.26 Å². The molecule has 0 unspecified atom stereocenters. The third kappa shape index (κ3) is 5.50. The van der Waals surface area contributed by atoms with Gasteiger partial charge in [-0.15, -0.1) is 0 Å². The minimum absolute atomic E-state index is 0.0289. The van der Waals surface area contributed by atoms with E-state index in [1.165, 1.54) is 10.4 Å². The van der Waals surface area contributed by atoms with Crippen molar-refractivity contribution in [2.45, 2.75) is 12.8 Å². The Bertz CT molecular complexity index is 1100. The van der Waals surface area contributed by atoms with Crippen molar-refractivity contribution in [3.05, 3.63) is 48.3 Å². The molecule has 1 fully saturated rings. The lowest BCUT2D eigenvalue weighted by Gasteiger charge is -2.36. The smallest absolute Gasteiger partial charge is 0.232 e. The Morgan fingerprint density at radius 2 is 1.73 bits per heavy atom. The van der Waals surface area contributed by atoms with E-state index >= 15 is 0 Å². The SMILES string of the molecule is CS(=O)(=O)N(CCCC(=O)N1CCN(c2ccccc2F)CC1)c1ccc2c(c1)OCCO2. The number of sulfonamides is 1. The van der Waals surface area contributed by atoms with E-state index in [4.69, 9.17) is 9.47 Å². The monoisotopic (exact) mass is 477 g/mol. The number of nitrogens with zero attached hydrogens (tertiary/aromatic N) is 3. The molecule has 33 heavy (non-hydrogen) atoms. The molecular weight excluding hydrogens is 449 g/mol. The van der Waals surface area contributed by atoms with Crippen LogP contribution in [-0.4, -0.2) is 71.4 Å². The lowest BCUT2D eigenvalue weighted by atomic mass is 10.2. The molecule has 8 nitrogen and oxygen atoms in total. The van der Waals surface area contributed by atoms with Gasteiger partial charge < -0.3 is 19.3 Å². The number of hydrogen-bond acceptors (Lipinski definition) is 6. The van der Waals surface area contributed by atoms with Crippen molar-refractivity contribution in [2.24, 2.45) is 0 Å². The van der Waals surface area contributed by atoms with E-state index in [1.807, 2.05) is 4.90 Å². The number of amides is 1. The number of halogens is 1. The molecule has 4 rings (SSSR count). The third-order valence-corrected chi connectivity index (χ3v) is 6.99. The Morgan fingerprint density at radius 1 is 1.03 bits per heavy atom. The summed E-state index contributed by atoms with van der Waals surface area (Å²) in [6.07, 6.45) is 1.76. The third-order valence-electron chi connectivity index (χ3n) is 5.79. The van der Waals surface area contributed by atoms with Gasteiger partial charge in [-0.25, -0.2) is 12.8 Å². The first-order valence-electron chi connectivity index (χ1n) is 11.0. The van der Waals surface area contributed by atoms with Crippen LogP contribution in [0, 0.1) is 5.82 Å². The lowest BCUT2D eigenvalue weighted by molar-refractivity contribution is -0.131. The highest BCUT2D eigenvalue weighted by Gasteiger charge is 2.24. The normalized spacial score (nSPS) is 15.9. The zero-order chi connectivity index (χ0) is 23.4. The minimum Gasteiger partial charge on any atom is -0.486 e. The number of para-hydroxylation sites is 1. The number of piperazine rings is 1. The standard InChI is InChI=1S/C23H28FN3O5S/c1-33(29,30)27(18-8-9-21-22(17-18)32-16-15-31-21)10-4-7-23(28)26-13-11-25(12-14-26)20-6-3-2-5-19(20)24/h2-3,5-6,8-9,17H,4,7,10-16H2,1H3. The van der Waals surface area contributed by atoms with Crippen molar-refractivity contribution < 1.29 is 27.1 Å². The van der Waals surface area contributed by atoms with Crippen LogP contribution in [0.2, 0.25) is 0 Å². The van der Waals surface area contributed by atoms with Crippen molar-refractivity contribution in [3.63, 3.8) is 0 Å². The molecule has 2 aromatic carbocycles. The molecule has 2 heterocycles. The van der Waals surface area contributed by atoms with Crippen molar-refractivity contribution in [3.8, 4) is 11.5 Å². The van der Waals surface area contributed by atoms with Crippen molar-refractivity contribution in [2.75, 3.05) is 61.4 Å². The van der Waals surface area contributed by atoms with Crippen molar-refractivity contribution in [1.29, 1.82) is 0 Å². The largest absolute Gasteiger partial charge is 0.486 e. The van der Waals surface area contributed by atoms with Crippen molar-refractivity contribution in [1.82, 2.24) is 4.90 Å². The average molecular weight is 478 g/mol. The first-order valence-corrected chi connectivity index (χ1v) is 12.8. The predicted molar refractivity (Wildman–Crippen MR) is 124 cm³/mol. The fraction of sp³-hybridized carbons (Fsp3) is 0.435. The van der Waals surface area contributed by atoms with Crippen LogP contribution in [0.25, 0.3) is 0 Å². The average Bonchev–Trinajstić information content (AvgIpc) is 2.81. The maximum Gasteiger partial charge on any atom is 0.232 e. The summed E-state index contributed by atoms with van der Waals surface area (Å²) >= 11 is 0. The van der Waals surface area contributed by atoms with Gasteiger partial charge in [0.15, 0.2) is 11.5 Å². The molecule has 0 N–H and O–H groups in total. The number of fused-ring (bicyclic) bond motifs is 1. The van der Waals surface area contributed by atoms with Crippen LogP contribution in [0.5, 0.6) is 11.5 Å². The van der Waals surface area contributed by atoms with Crippen molar-refractivity contribution >= 4 is 27.3 Å². The Kier molecular flexibility index (Phi) is 6.92. The van der Waals surface area contributed by atoms with Gasteiger partial charge >= 0.3 is 0 Å². The number of hydrogen-bond donors (Lipinski definition) is 0. The summed E-state index contributed by atoms with van der Waals surface area (Å²) in [5, 5.41) is 0. The zero-order valence-electron chi connectivity index (χ0n) is 18.6. The van der Waals surface area contributed by atoms with Gasteiger partial charge in [-0.2, -0.15) is 0 Å². The summed E-state index contributed by atoms with van der Waals surface area (Å²) in [7, 11) is -3.54. The summed E-state index contributed by atoms with van der Waals surface area (Å²) in [5.74, 6) is 0.801. The second kappa shape index (κ2) is 9.86. The van der Waals surface area contributed by atoms with E-state index in [-0.39, 0.29) is 24.7 Å². The zero-order valence-corrected chi connectivity index (χ0v) is 19.4. The molecular formula is C23H28FN3O5S. The highest BCUT2D eigenvalue weighted by molar-refractivity contribution is 7.92. The van der Waals surface area contributed by atoms with Crippen LogP contribution >= 0.6 is 0 Å². The number of ether oxygens (including phenoxy) is 2. The van der Waals surface area contributed by atoms with E-state index in [2.05, 4.69) is 0 Å². The maximum atomic E-state index is 14.0. The highest BCUT2D eigenvalue weighted by atomic mass is 32.2. The van der Waals surface area contributed by atoms with Crippen LogP contribution in [0.4, 0.5) is 15.8 Å². The van der Waals surface area contributed by atoms with Gasteiger partial charge in [-0.1, -0.05) is 12.1 Å². The predicted octanol–water partition coefficient (Wildman–Crippen LogP) is 2.49. The molecule has 2 aromatic rings. The van der Waals surface area contributed by atoms with Crippen LogP contribution < -0.4 is 18.7 Å². The van der Waals surface area contributed by atoms with Crippen LogP contribution in [0.3, 0.4) is 0 Å². The molecule has 1 amide bonds. The Balaban J connectivity index is 1.32. The Morgan fingerprint density at radius 3 is 2.42 bits per heavy atom. The van der Waals surface area contributed by atoms with E-state index in [1.54, 1.807) is 41.3 Å². The fourth-order valence-corrected chi connectivity index (χ4v) is 5.07. The number of anilines is 2. The van der Waals surface area contributed by atoms with E-state index in [0.29, 0.717) is 68.7 Å². The number of benzene rings is 2. The van der Waals surface area contributed by atoms with Gasteiger partial charge in [0.1, 0.15) is 19.0 Å². The second-order valence-electron chi connectivity index (χ2n) is 8.09. The quantitative estimate of drug-likeness (QED) is 0.610. The first-order chi connectivity index (χ1) is 15.8. The number of rotatable bonds is 7. The molecule has 1 saturated heterocycles. The Labute approximate surface area is 193 Å². The molecule has 0 aliphatic carbocycles. The maximum absolute atomic E-state index is 14.0. The summed E-state index contributed by atoms with van der Waals surface area (Å²) in [5.41, 5.74) is 1.03. The molecule has 10 heteroatoms. The number of carbonyl (C=O) groups excluding carboxylic acids is 1. The molecule has 2 aliphatic rings. The van der Waals surface area contributed by atoms with Crippen LogP contribution in [-0.2, 0) is 14.8 Å². The second-order valence-corrected chi connectivity index (χ2v) is 9.99.